The molecule has 0 saturated carbocycles. The third kappa shape index (κ3) is 11.1. The second-order valence-electron chi connectivity index (χ2n) is 15.9. The molecule has 13 heteroatoms. The molecule has 3 aromatic heterocycles. The lowest BCUT2D eigenvalue weighted by molar-refractivity contribution is -0.147. The molecule has 1 aliphatic heterocycles. The maximum Gasteiger partial charge on any atom is 0.313 e. The van der Waals surface area contributed by atoms with Gasteiger partial charge in [0.05, 0.1) is 37.6 Å². The molecule has 2 amide bonds. The quantitative estimate of drug-likeness (QED) is 0.0684. The SMILES string of the molecule is C=Cc1c(C)c2cc(C)nc(C3(C)CC(C)C=C(COC)C3C(=O)OC)cc3[nH]c(cc4nc(cc1[nH]2)C(C)=C4CCC(=O)NCCN)c(CCC(=O)NCCO)c3C.CC. The van der Waals surface area contributed by atoms with Crippen molar-refractivity contribution in [3.8, 4) is 0 Å². The van der Waals surface area contributed by atoms with Gasteiger partial charge in [-0.25, -0.2) is 4.98 Å². The lowest BCUT2D eigenvalue weighted by Crippen LogP contribution is -2.44. The highest BCUT2D eigenvalue weighted by atomic mass is 16.5. The van der Waals surface area contributed by atoms with E-state index in [0.29, 0.717) is 49.4 Å². The van der Waals surface area contributed by atoms with Crippen LogP contribution in [0, 0.1) is 32.6 Å². The van der Waals surface area contributed by atoms with Gasteiger partial charge >= 0.3 is 5.97 Å². The van der Waals surface area contributed by atoms with Crippen LogP contribution in [0.2, 0.25) is 0 Å². The minimum Gasteiger partial charge on any atom is -0.469 e. The molecule has 61 heavy (non-hydrogen) atoms. The molecule has 3 atom stereocenters. The summed E-state index contributed by atoms with van der Waals surface area (Å²) in [6.45, 7) is 21.4. The molecule has 3 unspecified atom stereocenters. The summed E-state index contributed by atoms with van der Waals surface area (Å²) < 4.78 is 11.1. The maximum absolute atomic E-state index is 13.8. The monoisotopic (exact) mass is 838 g/mol. The number of aryl methyl sites for hydroxylation is 4. The minimum atomic E-state index is -0.825. The van der Waals surface area contributed by atoms with Crippen LogP contribution >= 0.6 is 0 Å². The maximum atomic E-state index is 13.8. The topological polar surface area (TPSA) is 197 Å². The van der Waals surface area contributed by atoms with Crippen molar-refractivity contribution < 1.29 is 29.0 Å². The van der Waals surface area contributed by atoms with Gasteiger partial charge in [-0.2, -0.15) is 0 Å². The Bertz CT molecular complexity index is 2320. The highest BCUT2D eigenvalue weighted by molar-refractivity contribution is 5.95. The average molecular weight is 838 g/mol. The summed E-state index contributed by atoms with van der Waals surface area (Å²) in [5, 5.41) is 15.0. The van der Waals surface area contributed by atoms with Crippen molar-refractivity contribution in [1.29, 1.82) is 0 Å². The Kier molecular flexibility index (Phi) is 17.4. The molecular weight excluding hydrogens is 771 g/mol. The van der Waals surface area contributed by atoms with Crippen molar-refractivity contribution in [3.63, 3.8) is 0 Å². The molecule has 13 nitrogen and oxygen atoms in total. The van der Waals surface area contributed by atoms with Gasteiger partial charge in [-0.05, 0) is 111 Å². The largest absolute Gasteiger partial charge is 0.469 e. The Morgan fingerprint density at radius 1 is 0.918 bits per heavy atom. The van der Waals surface area contributed by atoms with E-state index in [1.807, 2.05) is 71.9 Å². The van der Waals surface area contributed by atoms with Crippen LogP contribution in [0.4, 0.5) is 0 Å². The van der Waals surface area contributed by atoms with Crippen molar-refractivity contribution in [2.24, 2.45) is 17.6 Å². The standard InChI is InChI=1S/C46H61N7O6.C2H6/c1-10-32-28(4)35-20-27(3)50-41(46(7)24-26(2)19-31(25-58-8)44(46)45(57)59-9)23-37-30(6)34(12-14-43(56)49-17-18-54)40(53-37)22-39-33(11-13-42(55)48-16-15-47)29(5)36(52-39)21-38(32)51-35;1-2/h10,19-23,26,44,51,53-54H,1,11-18,24-25,47H2,2-9H3,(H,48,55)(H,49,56);1-2H3. The zero-order valence-electron chi connectivity index (χ0n) is 37.9. The van der Waals surface area contributed by atoms with Crippen LogP contribution in [0.3, 0.4) is 0 Å². The molecule has 0 fully saturated rings. The number of aromatic amines is 2. The highest BCUT2D eigenvalue weighted by Crippen LogP contribution is 2.46. The summed E-state index contributed by atoms with van der Waals surface area (Å²) in [5.74, 6) is -1.22. The van der Waals surface area contributed by atoms with Crippen LogP contribution in [0.1, 0.15) is 105 Å². The predicted molar refractivity (Wildman–Crippen MR) is 245 cm³/mol. The van der Waals surface area contributed by atoms with Crippen LogP contribution in [-0.4, -0.2) is 89.9 Å². The average Bonchev–Trinajstić information content (AvgIpc) is 3.80. The summed E-state index contributed by atoms with van der Waals surface area (Å²) in [6.07, 6.45) is 5.82. The van der Waals surface area contributed by atoms with E-state index in [1.165, 1.54) is 7.11 Å². The van der Waals surface area contributed by atoms with E-state index in [2.05, 4.69) is 47.1 Å². The van der Waals surface area contributed by atoms with E-state index in [-0.39, 0.29) is 56.3 Å². The van der Waals surface area contributed by atoms with Gasteiger partial charge in [0.2, 0.25) is 11.8 Å². The second-order valence-corrected chi connectivity index (χ2v) is 15.9. The van der Waals surface area contributed by atoms with Gasteiger partial charge in [0.15, 0.2) is 0 Å². The first-order valence-corrected chi connectivity index (χ1v) is 21.3. The van der Waals surface area contributed by atoms with Crippen molar-refractivity contribution in [3.05, 3.63) is 87.5 Å². The van der Waals surface area contributed by atoms with Gasteiger partial charge in [-0.3, -0.25) is 19.4 Å². The Morgan fingerprint density at radius 2 is 1.56 bits per heavy atom. The Balaban J connectivity index is 0.00000403. The fraction of sp³-hybridized carbons (Fsp3) is 0.479. The van der Waals surface area contributed by atoms with Gasteiger partial charge < -0.3 is 40.9 Å². The molecule has 2 aliphatic rings. The third-order valence-corrected chi connectivity index (χ3v) is 11.6. The number of carbonyl (C=O) groups is 3. The molecule has 330 valence electrons. The number of nitrogens with zero attached hydrogens (tertiary/aromatic N) is 2. The molecule has 6 bridgehead atoms. The van der Waals surface area contributed by atoms with Crippen LogP contribution in [0.5, 0.6) is 0 Å². The number of aliphatic hydroxyl groups is 1. The van der Waals surface area contributed by atoms with E-state index < -0.39 is 11.3 Å². The zero-order valence-corrected chi connectivity index (χ0v) is 37.9. The fourth-order valence-corrected chi connectivity index (χ4v) is 8.67. The summed E-state index contributed by atoms with van der Waals surface area (Å²) in [6, 6.07) is 8.05. The summed E-state index contributed by atoms with van der Waals surface area (Å²) >= 11 is 0. The smallest absolute Gasteiger partial charge is 0.313 e. The number of nitrogens with two attached hydrogens (primary N) is 1. The molecule has 4 heterocycles. The van der Waals surface area contributed by atoms with E-state index >= 15 is 0 Å². The van der Waals surface area contributed by atoms with Crippen LogP contribution in [0.15, 0.2) is 42.5 Å². The highest BCUT2D eigenvalue weighted by Gasteiger charge is 2.47. The number of esters is 1. The zero-order chi connectivity index (χ0) is 45.0. The van der Waals surface area contributed by atoms with E-state index in [9.17, 15) is 19.5 Å². The Morgan fingerprint density at radius 3 is 2.20 bits per heavy atom. The van der Waals surface area contributed by atoms with Crippen molar-refractivity contribution in [1.82, 2.24) is 30.6 Å². The van der Waals surface area contributed by atoms with Gasteiger partial charge in [0.25, 0.3) is 0 Å². The number of nitrogens with one attached hydrogen (secondary N) is 4. The number of hydrogen-bond acceptors (Lipinski definition) is 9. The molecule has 3 aromatic rings. The Labute approximate surface area is 360 Å². The van der Waals surface area contributed by atoms with Crippen molar-refractivity contribution in [2.75, 3.05) is 47.1 Å². The molecular formula is C48H67N7O6. The predicted octanol–water partition coefficient (Wildman–Crippen LogP) is 7.08. The lowest BCUT2D eigenvalue weighted by Gasteiger charge is -2.42. The molecule has 7 N–H and O–H groups in total. The molecule has 0 radical (unpaired) electrons. The molecule has 1 aliphatic carbocycles. The number of hydrogen-bond donors (Lipinski definition) is 6. The fourth-order valence-electron chi connectivity index (χ4n) is 8.67. The van der Waals surface area contributed by atoms with Crippen LogP contribution in [0.25, 0.3) is 39.3 Å². The summed E-state index contributed by atoms with van der Waals surface area (Å²) in [4.78, 5) is 57.4. The van der Waals surface area contributed by atoms with Gasteiger partial charge in [0.1, 0.15) is 0 Å². The van der Waals surface area contributed by atoms with Crippen LogP contribution < -0.4 is 16.4 Å². The molecule has 0 aromatic carbocycles. The number of methoxy groups -OCH3 is 2. The van der Waals surface area contributed by atoms with Gasteiger partial charge in [-0.15, -0.1) is 0 Å². The number of aliphatic hydroxyl groups excluding tert-OH is 1. The van der Waals surface area contributed by atoms with E-state index in [4.69, 9.17) is 25.2 Å². The van der Waals surface area contributed by atoms with Gasteiger partial charge in [-0.1, -0.05) is 46.4 Å². The van der Waals surface area contributed by atoms with Crippen molar-refractivity contribution in [2.45, 2.75) is 92.9 Å². The number of carbonyl (C=O) groups excluding carboxylic acids is 3. The minimum absolute atomic E-state index is 0.0973. The number of ether oxygens (including phenoxy) is 2. The number of H-pyrrole nitrogens is 2. The Hall–Kier alpha value is -5.37. The molecule has 0 saturated heterocycles. The first kappa shape index (κ1) is 48.3. The number of fused-ring (bicyclic) bond motifs is 6. The molecule has 0 spiro atoms. The van der Waals surface area contributed by atoms with Crippen molar-refractivity contribution >= 4 is 57.1 Å². The van der Waals surface area contributed by atoms with Crippen LogP contribution in [-0.2, 0) is 35.7 Å². The van der Waals surface area contributed by atoms with E-state index in [1.54, 1.807) is 7.11 Å². The number of rotatable bonds is 15. The second kappa shape index (κ2) is 21.9. The lowest BCUT2D eigenvalue weighted by atomic mass is 9.62. The third-order valence-electron chi connectivity index (χ3n) is 11.6. The normalized spacial score (nSPS) is 17.8. The number of amides is 2. The first-order valence-electron chi connectivity index (χ1n) is 21.3. The number of allylic oxidation sites excluding steroid dienone is 3. The van der Waals surface area contributed by atoms with Gasteiger partial charge in [0, 0.05) is 84.0 Å². The molecule has 5 rings (SSSR count). The summed E-state index contributed by atoms with van der Waals surface area (Å²) in [7, 11) is 3.03. The number of aromatic nitrogens is 4. The van der Waals surface area contributed by atoms with E-state index in [0.717, 1.165) is 66.7 Å². The first-order chi connectivity index (χ1) is 29.2. The summed E-state index contributed by atoms with van der Waals surface area (Å²) in [5.41, 5.74) is 17.4.